The van der Waals surface area contributed by atoms with E-state index in [-0.39, 0.29) is 6.04 Å². The van der Waals surface area contributed by atoms with E-state index in [0.717, 1.165) is 17.4 Å². The van der Waals surface area contributed by atoms with Gasteiger partial charge in [0.25, 0.3) is 0 Å². The molecule has 0 aromatic carbocycles. The average Bonchev–Trinajstić information content (AvgIpc) is 2.94. The number of fused-ring (bicyclic) bond motifs is 2. The number of nitrogens with zero attached hydrogens (tertiary/aromatic N) is 2. The van der Waals surface area contributed by atoms with E-state index >= 15 is 0 Å². The SMILES string of the molecule is NNC(c1cncnc1)C1CC2CCC1C2. The van der Waals surface area contributed by atoms with Gasteiger partial charge >= 0.3 is 0 Å². The molecule has 2 aliphatic carbocycles. The molecule has 3 N–H and O–H groups in total. The minimum absolute atomic E-state index is 0.233. The van der Waals surface area contributed by atoms with Crippen LogP contribution >= 0.6 is 0 Å². The van der Waals surface area contributed by atoms with Crippen LogP contribution in [-0.4, -0.2) is 9.97 Å². The predicted molar refractivity (Wildman–Crippen MR) is 61.0 cm³/mol. The Hall–Kier alpha value is -1.00. The fourth-order valence-corrected chi connectivity index (χ4v) is 3.64. The van der Waals surface area contributed by atoms with Crippen molar-refractivity contribution in [3.8, 4) is 0 Å². The molecule has 1 aromatic rings. The molecule has 0 amide bonds. The van der Waals surface area contributed by atoms with Crippen molar-refractivity contribution in [2.24, 2.45) is 23.6 Å². The van der Waals surface area contributed by atoms with Crippen LogP contribution in [-0.2, 0) is 0 Å². The maximum absolute atomic E-state index is 5.71. The fraction of sp³-hybridized carbons (Fsp3) is 0.667. The summed E-state index contributed by atoms with van der Waals surface area (Å²) < 4.78 is 0. The molecule has 4 heteroatoms. The first-order valence-electron chi connectivity index (χ1n) is 6.09. The van der Waals surface area contributed by atoms with Crippen LogP contribution < -0.4 is 11.3 Å². The molecule has 86 valence electrons. The maximum Gasteiger partial charge on any atom is 0.115 e. The highest BCUT2D eigenvalue weighted by molar-refractivity contribution is 5.13. The number of hydrogen-bond acceptors (Lipinski definition) is 4. The van der Waals surface area contributed by atoms with Crippen molar-refractivity contribution in [3.05, 3.63) is 24.3 Å². The molecule has 0 saturated heterocycles. The summed E-state index contributed by atoms with van der Waals surface area (Å²) in [7, 11) is 0. The van der Waals surface area contributed by atoms with E-state index < -0.39 is 0 Å². The molecule has 4 nitrogen and oxygen atoms in total. The Morgan fingerprint density at radius 1 is 1.25 bits per heavy atom. The van der Waals surface area contributed by atoms with Crippen LogP contribution in [0.2, 0.25) is 0 Å². The van der Waals surface area contributed by atoms with Gasteiger partial charge in [-0.05, 0) is 37.0 Å². The first-order valence-corrected chi connectivity index (χ1v) is 6.09. The van der Waals surface area contributed by atoms with Crippen LogP contribution in [0, 0.1) is 17.8 Å². The summed E-state index contributed by atoms with van der Waals surface area (Å²) in [4.78, 5) is 8.16. The van der Waals surface area contributed by atoms with Gasteiger partial charge in [-0.15, -0.1) is 0 Å². The third-order valence-electron chi connectivity index (χ3n) is 4.34. The van der Waals surface area contributed by atoms with E-state index in [4.69, 9.17) is 5.84 Å². The van der Waals surface area contributed by atoms with E-state index in [0.29, 0.717) is 5.92 Å². The second-order valence-electron chi connectivity index (χ2n) is 5.15. The maximum atomic E-state index is 5.71. The summed E-state index contributed by atoms with van der Waals surface area (Å²) >= 11 is 0. The first kappa shape index (κ1) is 10.2. The van der Waals surface area contributed by atoms with Gasteiger partial charge in [0.05, 0.1) is 6.04 Å². The van der Waals surface area contributed by atoms with Crippen LogP contribution in [0.25, 0.3) is 0 Å². The zero-order valence-electron chi connectivity index (χ0n) is 9.34. The number of aromatic nitrogens is 2. The Morgan fingerprint density at radius 3 is 2.62 bits per heavy atom. The summed E-state index contributed by atoms with van der Waals surface area (Å²) in [5.74, 6) is 8.18. The molecule has 4 atom stereocenters. The van der Waals surface area contributed by atoms with Crippen LogP contribution in [0.3, 0.4) is 0 Å². The van der Waals surface area contributed by atoms with E-state index in [1.54, 1.807) is 6.33 Å². The fourth-order valence-electron chi connectivity index (χ4n) is 3.64. The van der Waals surface area contributed by atoms with Gasteiger partial charge < -0.3 is 0 Å². The molecule has 4 unspecified atom stereocenters. The van der Waals surface area contributed by atoms with Gasteiger partial charge in [0.15, 0.2) is 0 Å². The Bertz CT molecular complexity index is 353. The minimum atomic E-state index is 0.233. The molecule has 0 spiro atoms. The molecule has 0 aliphatic heterocycles. The Morgan fingerprint density at radius 2 is 2.06 bits per heavy atom. The predicted octanol–water partition coefficient (Wildman–Crippen LogP) is 1.42. The minimum Gasteiger partial charge on any atom is -0.271 e. The summed E-state index contributed by atoms with van der Waals surface area (Å²) in [5.41, 5.74) is 4.09. The van der Waals surface area contributed by atoms with E-state index in [1.165, 1.54) is 25.7 Å². The van der Waals surface area contributed by atoms with Crippen molar-refractivity contribution in [1.29, 1.82) is 0 Å². The number of rotatable bonds is 3. The summed E-state index contributed by atoms with van der Waals surface area (Å²) in [5, 5.41) is 0. The normalized spacial score (nSPS) is 34.2. The number of hydrogen-bond donors (Lipinski definition) is 2. The van der Waals surface area contributed by atoms with Crippen LogP contribution in [0.15, 0.2) is 18.7 Å². The topological polar surface area (TPSA) is 63.8 Å². The average molecular weight is 218 g/mol. The van der Waals surface area contributed by atoms with Crippen LogP contribution in [0.4, 0.5) is 0 Å². The summed E-state index contributed by atoms with van der Waals surface area (Å²) in [6, 6.07) is 0.233. The summed E-state index contributed by atoms with van der Waals surface area (Å²) in [6.45, 7) is 0. The van der Waals surface area contributed by atoms with Crippen molar-refractivity contribution in [2.75, 3.05) is 0 Å². The molecule has 3 rings (SSSR count). The Kier molecular flexibility index (Phi) is 2.61. The van der Waals surface area contributed by atoms with Crippen molar-refractivity contribution in [1.82, 2.24) is 15.4 Å². The number of nitrogens with one attached hydrogen (secondary N) is 1. The molecule has 2 bridgehead atoms. The molecular formula is C12H18N4. The van der Waals surface area contributed by atoms with Gasteiger partial charge in [0, 0.05) is 18.0 Å². The largest absolute Gasteiger partial charge is 0.271 e. The lowest BCUT2D eigenvalue weighted by Crippen LogP contribution is -2.36. The molecule has 2 aliphatic rings. The van der Waals surface area contributed by atoms with Crippen molar-refractivity contribution >= 4 is 0 Å². The standard InChI is InChI=1S/C12H18N4/c13-16-12(10-5-14-7-15-6-10)11-4-8-1-2-9(11)3-8/h5-9,11-12,16H,1-4,13H2. The lowest BCUT2D eigenvalue weighted by atomic mass is 9.81. The highest BCUT2D eigenvalue weighted by Crippen LogP contribution is 2.52. The number of nitrogens with two attached hydrogens (primary N) is 1. The monoisotopic (exact) mass is 218 g/mol. The second kappa shape index (κ2) is 4.11. The lowest BCUT2D eigenvalue weighted by molar-refractivity contribution is 0.251. The zero-order valence-corrected chi connectivity index (χ0v) is 9.34. The highest BCUT2D eigenvalue weighted by Gasteiger charge is 2.43. The quantitative estimate of drug-likeness (QED) is 0.595. The molecule has 2 saturated carbocycles. The van der Waals surface area contributed by atoms with Gasteiger partial charge in [-0.25, -0.2) is 9.97 Å². The van der Waals surface area contributed by atoms with Crippen LogP contribution in [0.5, 0.6) is 0 Å². The van der Waals surface area contributed by atoms with Crippen LogP contribution in [0.1, 0.15) is 37.3 Å². The number of hydrazine groups is 1. The van der Waals surface area contributed by atoms with Gasteiger partial charge in [-0.1, -0.05) is 6.42 Å². The van der Waals surface area contributed by atoms with Crippen molar-refractivity contribution < 1.29 is 0 Å². The Labute approximate surface area is 95.6 Å². The molecular weight excluding hydrogens is 200 g/mol. The van der Waals surface area contributed by atoms with E-state index in [9.17, 15) is 0 Å². The van der Waals surface area contributed by atoms with Gasteiger partial charge in [0.1, 0.15) is 6.33 Å². The molecule has 1 aromatic heterocycles. The van der Waals surface area contributed by atoms with Crippen molar-refractivity contribution in [2.45, 2.75) is 31.7 Å². The third kappa shape index (κ3) is 1.62. The second-order valence-corrected chi connectivity index (χ2v) is 5.15. The molecule has 1 heterocycles. The van der Waals surface area contributed by atoms with Gasteiger partial charge in [0.2, 0.25) is 0 Å². The van der Waals surface area contributed by atoms with Gasteiger partial charge in [-0.2, -0.15) is 0 Å². The molecule has 16 heavy (non-hydrogen) atoms. The Balaban J connectivity index is 1.81. The molecule has 0 radical (unpaired) electrons. The first-order chi connectivity index (χ1) is 7.88. The van der Waals surface area contributed by atoms with Gasteiger partial charge in [-0.3, -0.25) is 11.3 Å². The molecule has 2 fully saturated rings. The third-order valence-corrected chi connectivity index (χ3v) is 4.34. The van der Waals surface area contributed by atoms with E-state index in [1.807, 2.05) is 12.4 Å². The smallest absolute Gasteiger partial charge is 0.115 e. The zero-order chi connectivity index (χ0) is 11.0. The highest BCUT2D eigenvalue weighted by atomic mass is 15.2. The van der Waals surface area contributed by atoms with E-state index in [2.05, 4.69) is 15.4 Å². The summed E-state index contributed by atoms with van der Waals surface area (Å²) in [6.07, 6.45) is 10.8. The van der Waals surface area contributed by atoms with Crippen molar-refractivity contribution in [3.63, 3.8) is 0 Å². The lowest BCUT2D eigenvalue weighted by Gasteiger charge is -2.29.